The second-order valence-electron chi connectivity index (χ2n) is 4.61. The number of hydrogen-bond acceptors (Lipinski definition) is 5. The number of guanidine groups is 1. The number of fused-ring (bicyclic) bond motifs is 1. The molecular formula is C13H17N3O4S2. The van der Waals surface area contributed by atoms with Crippen molar-refractivity contribution in [3.8, 4) is 0 Å². The van der Waals surface area contributed by atoms with Gasteiger partial charge in [-0.2, -0.15) is 8.42 Å². The Labute approximate surface area is 132 Å². The number of hydrogen-bond donors (Lipinski definition) is 4. The van der Waals surface area contributed by atoms with Crippen molar-refractivity contribution in [3.63, 3.8) is 0 Å². The van der Waals surface area contributed by atoms with Crippen LogP contribution in [0.5, 0.6) is 0 Å². The Balaban J connectivity index is 0.000000422. The van der Waals surface area contributed by atoms with Gasteiger partial charge in [-0.15, -0.1) is 11.3 Å². The summed E-state index contributed by atoms with van der Waals surface area (Å²) in [7, 11) is -3.67. The molecule has 120 valence electrons. The van der Waals surface area contributed by atoms with Crippen LogP contribution in [0.1, 0.15) is 20.8 Å². The molecule has 0 atom stereocenters. The maximum atomic E-state index is 11.8. The Kier molecular flexibility index (Phi) is 5.64. The fourth-order valence-electron chi connectivity index (χ4n) is 1.90. The van der Waals surface area contributed by atoms with Gasteiger partial charge in [0.1, 0.15) is 0 Å². The van der Waals surface area contributed by atoms with Crippen molar-refractivity contribution in [2.24, 2.45) is 5.73 Å². The quantitative estimate of drug-likeness (QED) is 0.355. The van der Waals surface area contributed by atoms with Crippen LogP contribution in [0.4, 0.5) is 0 Å². The van der Waals surface area contributed by atoms with Crippen molar-refractivity contribution in [2.45, 2.75) is 13.8 Å². The van der Waals surface area contributed by atoms with Gasteiger partial charge in [0.2, 0.25) is 0 Å². The molecule has 9 heteroatoms. The molecule has 22 heavy (non-hydrogen) atoms. The zero-order valence-electron chi connectivity index (χ0n) is 12.3. The number of nitrogens with two attached hydrogens (primary N) is 1. The first-order valence-corrected chi connectivity index (χ1v) is 8.73. The highest BCUT2D eigenvalue weighted by molar-refractivity contribution is 7.85. The highest BCUT2D eigenvalue weighted by Crippen LogP contribution is 2.32. The number of rotatable bonds is 1. The van der Waals surface area contributed by atoms with E-state index in [-0.39, 0.29) is 11.9 Å². The van der Waals surface area contributed by atoms with Crippen LogP contribution < -0.4 is 11.1 Å². The predicted octanol–water partition coefficient (Wildman–Crippen LogP) is 1.65. The lowest BCUT2D eigenvalue weighted by atomic mass is 10.1. The third-order valence-electron chi connectivity index (χ3n) is 2.62. The Hall–Kier alpha value is -1.97. The van der Waals surface area contributed by atoms with Gasteiger partial charge in [0.15, 0.2) is 5.96 Å². The number of amides is 1. The summed E-state index contributed by atoms with van der Waals surface area (Å²) >= 11 is 1.42. The van der Waals surface area contributed by atoms with Crippen molar-refractivity contribution in [1.29, 1.82) is 5.41 Å². The predicted molar refractivity (Wildman–Crippen MR) is 88.2 cm³/mol. The highest BCUT2D eigenvalue weighted by Gasteiger charge is 2.16. The van der Waals surface area contributed by atoms with Crippen molar-refractivity contribution in [2.75, 3.05) is 6.26 Å². The van der Waals surface area contributed by atoms with Crippen LogP contribution in [0, 0.1) is 19.3 Å². The number of carbonyl (C=O) groups excluding carboxylic acids is 1. The van der Waals surface area contributed by atoms with Gasteiger partial charge in [-0.25, -0.2) is 0 Å². The lowest BCUT2D eigenvalue weighted by Gasteiger charge is -2.01. The summed E-state index contributed by atoms with van der Waals surface area (Å²) in [6, 6.07) is 5.99. The van der Waals surface area contributed by atoms with Crippen LogP contribution in [0.3, 0.4) is 0 Å². The summed E-state index contributed by atoms with van der Waals surface area (Å²) in [4.78, 5) is 12.5. The molecular weight excluding hydrogens is 326 g/mol. The number of benzene rings is 1. The van der Waals surface area contributed by atoms with Crippen molar-refractivity contribution >= 4 is 43.4 Å². The van der Waals surface area contributed by atoms with Gasteiger partial charge in [-0.3, -0.25) is 20.1 Å². The van der Waals surface area contributed by atoms with Crippen molar-refractivity contribution in [1.82, 2.24) is 5.32 Å². The molecule has 0 fully saturated rings. The molecule has 0 aliphatic carbocycles. The zero-order valence-corrected chi connectivity index (χ0v) is 13.9. The number of nitrogens with one attached hydrogen (secondary N) is 2. The van der Waals surface area contributed by atoms with Crippen LogP contribution >= 0.6 is 11.3 Å². The monoisotopic (exact) mass is 343 g/mol. The number of thiophene rings is 1. The minimum Gasteiger partial charge on any atom is -0.370 e. The zero-order chi connectivity index (χ0) is 17.1. The van der Waals surface area contributed by atoms with Gasteiger partial charge in [0.25, 0.3) is 16.0 Å². The maximum Gasteiger partial charge on any atom is 0.268 e. The molecule has 0 unspecified atom stereocenters. The standard InChI is InChI=1S/C12H13N3OS.CH4O3S/c1-6-4-3-5-8-9(6)7(2)10(17-8)11(16)15-12(13)14;1-5(2,3)4/h3-5H,1-2H3,(H4,13,14,15,16);1H3,(H,2,3,4). The first-order chi connectivity index (χ1) is 10.0. The summed E-state index contributed by atoms with van der Waals surface area (Å²) in [5.41, 5.74) is 7.26. The fraction of sp³-hybridized carbons (Fsp3) is 0.231. The highest BCUT2D eigenvalue weighted by atomic mass is 32.2. The largest absolute Gasteiger partial charge is 0.370 e. The fourth-order valence-corrected chi connectivity index (χ4v) is 3.08. The normalized spacial score (nSPS) is 10.7. The average molecular weight is 343 g/mol. The molecule has 0 radical (unpaired) electrons. The molecule has 5 N–H and O–H groups in total. The second kappa shape index (κ2) is 6.86. The molecule has 0 spiro atoms. The van der Waals surface area contributed by atoms with Crippen LogP contribution in [0.25, 0.3) is 10.1 Å². The maximum absolute atomic E-state index is 11.8. The minimum absolute atomic E-state index is 0.310. The van der Waals surface area contributed by atoms with Gasteiger partial charge in [0.05, 0.1) is 11.1 Å². The average Bonchev–Trinajstić information content (AvgIpc) is 2.65. The molecule has 0 aliphatic rings. The number of carbonyl (C=O) groups is 1. The minimum atomic E-state index is -3.67. The van der Waals surface area contributed by atoms with Gasteiger partial charge in [-0.1, -0.05) is 12.1 Å². The molecule has 0 saturated heterocycles. The van der Waals surface area contributed by atoms with E-state index < -0.39 is 10.1 Å². The molecule has 2 rings (SSSR count). The second-order valence-corrected chi connectivity index (χ2v) is 7.12. The van der Waals surface area contributed by atoms with Gasteiger partial charge in [0, 0.05) is 4.70 Å². The van der Waals surface area contributed by atoms with Gasteiger partial charge >= 0.3 is 0 Å². The van der Waals surface area contributed by atoms with E-state index in [0.29, 0.717) is 11.1 Å². The molecule has 1 aromatic heterocycles. The smallest absolute Gasteiger partial charge is 0.268 e. The topological polar surface area (TPSA) is 133 Å². The molecule has 0 bridgehead atoms. The van der Waals surface area contributed by atoms with Crippen molar-refractivity contribution in [3.05, 3.63) is 34.2 Å². The molecule has 7 nitrogen and oxygen atoms in total. The third-order valence-corrected chi connectivity index (χ3v) is 3.87. The van der Waals surface area contributed by atoms with E-state index in [4.69, 9.17) is 15.7 Å². The lowest BCUT2D eigenvalue weighted by molar-refractivity contribution is 0.0980. The van der Waals surface area contributed by atoms with E-state index in [0.717, 1.165) is 21.2 Å². The van der Waals surface area contributed by atoms with Crippen LogP contribution in [-0.4, -0.2) is 31.1 Å². The van der Waals surface area contributed by atoms with E-state index in [1.54, 1.807) is 0 Å². The van der Waals surface area contributed by atoms with Crippen LogP contribution in [-0.2, 0) is 10.1 Å². The van der Waals surface area contributed by atoms with E-state index in [1.165, 1.54) is 11.3 Å². The summed E-state index contributed by atoms with van der Waals surface area (Å²) in [5.74, 6) is -0.640. The summed E-state index contributed by atoms with van der Waals surface area (Å²) in [5, 5.41) is 10.5. The van der Waals surface area contributed by atoms with E-state index in [2.05, 4.69) is 5.32 Å². The molecule has 0 aliphatic heterocycles. The summed E-state index contributed by atoms with van der Waals surface area (Å²) in [6.07, 6.45) is 0.715. The molecule has 0 saturated carbocycles. The van der Waals surface area contributed by atoms with Crippen molar-refractivity contribution < 1.29 is 17.8 Å². The number of aryl methyl sites for hydroxylation is 2. The molecule has 1 amide bonds. The molecule has 1 aromatic carbocycles. The first kappa shape index (κ1) is 18.1. The Morgan fingerprint density at radius 2 is 1.91 bits per heavy atom. The van der Waals surface area contributed by atoms with E-state index in [1.807, 2.05) is 32.0 Å². The lowest BCUT2D eigenvalue weighted by Crippen LogP contribution is -2.35. The third kappa shape index (κ3) is 5.10. The Bertz CT molecular complexity index is 817. The first-order valence-electron chi connectivity index (χ1n) is 6.07. The van der Waals surface area contributed by atoms with Crippen LogP contribution in [0.15, 0.2) is 18.2 Å². The van der Waals surface area contributed by atoms with Crippen LogP contribution in [0.2, 0.25) is 0 Å². The summed E-state index contributed by atoms with van der Waals surface area (Å²) in [6.45, 7) is 3.94. The Morgan fingerprint density at radius 1 is 1.36 bits per heavy atom. The van der Waals surface area contributed by atoms with E-state index in [9.17, 15) is 13.2 Å². The Morgan fingerprint density at radius 3 is 2.36 bits per heavy atom. The SMILES string of the molecule is CS(=O)(=O)O.Cc1cccc2sc(C(=O)NC(=N)N)c(C)c12. The van der Waals surface area contributed by atoms with Gasteiger partial charge < -0.3 is 5.73 Å². The van der Waals surface area contributed by atoms with Gasteiger partial charge in [-0.05, 0) is 36.4 Å². The van der Waals surface area contributed by atoms with E-state index >= 15 is 0 Å². The molecule has 2 aromatic rings. The molecule has 1 heterocycles. The summed E-state index contributed by atoms with van der Waals surface area (Å²) < 4.78 is 26.9.